The number of hydrogen-bond acceptors (Lipinski definition) is 2. The van der Waals surface area contributed by atoms with Crippen molar-refractivity contribution in [1.82, 2.24) is 9.80 Å². The van der Waals surface area contributed by atoms with Crippen molar-refractivity contribution in [1.29, 1.82) is 0 Å². The second-order valence-electron chi connectivity index (χ2n) is 5.78. The number of piperazine rings is 1. The molecular weight excluding hydrogens is 315 g/mol. The minimum atomic E-state index is -0.254. The van der Waals surface area contributed by atoms with E-state index in [9.17, 15) is 9.18 Å². The Hall–Kier alpha value is -1.91. The van der Waals surface area contributed by atoms with Crippen LogP contribution in [0.25, 0.3) is 0 Å². The number of halogens is 2. The van der Waals surface area contributed by atoms with Crippen LogP contribution in [-0.2, 0) is 0 Å². The fourth-order valence-electron chi connectivity index (χ4n) is 2.91. The monoisotopic (exact) mass is 332 g/mol. The molecule has 0 spiro atoms. The molecule has 1 unspecified atom stereocenters. The number of hydrogen-bond donors (Lipinski definition) is 0. The van der Waals surface area contributed by atoms with Crippen LogP contribution in [-0.4, -0.2) is 42.4 Å². The number of rotatable bonds is 2. The van der Waals surface area contributed by atoms with Crippen molar-refractivity contribution in [3.05, 3.63) is 70.5 Å². The predicted octanol–water partition coefficient (Wildman–Crippen LogP) is 3.61. The number of likely N-dealkylation sites (N-methyl/N-ethyl adjacent to an activating group) is 1. The first-order valence-electron chi connectivity index (χ1n) is 7.56. The third-order valence-corrected chi connectivity index (χ3v) is 4.62. The van der Waals surface area contributed by atoms with Gasteiger partial charge in [-0.3, -0.25) is 9.69 Å². The molecule has 0 bridgehead atoms. The maximum Gasteiger partial charge on any atom is 0.255 e. The van der Waals surface area contributed by atoms with Gasteiger partial charge in [-0.1, -0.05) is 35.9 Å². The van der Waals surface area contributed by atoms with E-state index in [-0.39, 0.29) is 17.8 Å². The van der Waals surface area contributed by atoms with E-state index < -0.39 is 0 Å². The van der Waals surface area contributed by atoms with E-state index in [2.05, 4.69) is 4.90 Å². The first-order valence-corrected chi connectivity index (χ1v) is 7.93. The molecule has 1 aliphatic rings. The lowest BCUT2D eigenvalue weighted by Gasteiger charge is -2.39. The topological polar surface area (TPSA) is 23.6 Å². The summed E-state index contributed by atoms with van der Waals surface area (Å²) in [5, 5.41) is 0.467. The Balaban J connectivity index is 1.81. The van der Waals surface area contributed by atoms with Crippen molar-refractivity contribution in [2.24, 2.45) is 0 Å². The molecule has 1 fully saturated rings. The lowest BCUT2D eigenvalue weighted by atomic mass is 10.0. The number of carbonyl (C=O) groups is 1. The van der Waals surface area contributed by atoms with Gasteiger partial charge in [0.15, 0.2) is 0 Å². The van der Waals surface area contributed by atoms with Crippen molar-refractivity contribution in [3.63, 3.8) is 0 Å². The molecule has 0 aliphatic carbocycles. The van der Waals surface area contributed by atoms with Gasteiger partial charge in [-0.25, -0.2) is 4.39 Å². The summed E-state index contributed by atoms with van der Waals surface area (Å²) in [5.74, 6) is -0.313. The van der Waals surface area contributed by atoms with Crippen LogP contribution in [0.5, 0.6) is 0 Å². The van der Waals surface area contributed by atoms with Gasteiger partial charge < -0.3 is 4.90 Å². The molecule has 1 amide bonds. The molecule has 0 N–H and O–H groups in total. The Morgan fingerprint density at radius 1 is 1.13 bits per heavy atom. The van der Waals surface area contributed by atoms with Gasteiger partial charge in [0.2, 0.25) is 0 Å². The number of carbonyl (C=O) groups excluding carboxylic acids is 1. The fraction of sp³-hybridized carbons (Fsp3) is 0.278. The van der Waals surface area contributed by atoms with Crippen molar-refractivity contribution in [2.45, 2.75) is 6.04 Å². The minimum Gasteiger partial charge on any atom is -0.335 e. The summed E-state index contributed by atoms with van der Waals surface area (Å²) in [4.78, 5) is 16.7. The molecule has 120 valence electrons. The van der Waals surface area contributed by atoms with Crippen LogP contribution in [0.3, 0.4) is 0 Å². The maximum absolute atomic E-state index is 13.1. The summed E-state index contributed by atoms with van der Waals surface area (Å²) in [6.45, 7) is 1.97. The summed E-state index contributed by atoms with van der Waals surface area (Å²) in [7, 11) is 2.02. The lowest BCUT2D eigenvalue weighted by Crippen LogP contribution is -2.49. The largest absolute Gasteiger partial charge is 0.335 e. The zero-order chi connectivity index (χ0) is 16.4. The van der Waals surface area contributed by atoms with Crippen LogP contribution in [0.4, 0.5) is 4.39 Å². The zero-order valence-electron chi connectivity index (χ0n) is 12.9. The first-order chi connectivity index (χ1) is 11.1. The zero-order valence-corrected chi connectivity index (χ0v) is 13.6. The molecule has 0 aromatic heterocycles. The van der Waals surface area contributed by atoms with E-state index in [1.54, 1.807) is 24.3 Å². The standard InChI is InChI=1S/C18H18ClFN2O/c1-21-10-11-22(18(23)15-4-2-3-5-16(15)19)12-17(21)13-6-8-14(20)9-7-13/h2-9,17H,10-12H2,1H3. The van der Waals surface area contributed by atoms with Crippen LogP contribution in [0, 0.1) is 5.82 Å². The van der Waals surface area contributed by atoms with Crippen molar-refractivity contribution < 1.29 is 9.18 Å². The van der Waals surface area contributed by atoms with Gasteiger partial charge in [0.25, 0.3) is 5.91 Å². The lowest BCUT2D eigenvalue weighted by molar-refractivity contribution is 0.0546. The molecule has 1 aliphatic heterocycles. The Bertz CT molecular complexity index is 704. The SMILES string of the molecule is CN1CCN(C(=O)c2ccccc2Cl)CC1c1ccc(F)cc1. The second-order valence-corrected chi connectivity index (χ2v) is 6.19. The minimum absolute atomic E-state index is 0.0517. The second kappa shape index (κ2) is 6.69. The normalized spacial score (nSPS) is 18.9. The van der Waals surface area contributed by atoms with Crippen LogP contribution in [0.1, 0.15) is 22.0 Å². The van der Waals surface area contributed by atoms with E-state index in [1.807, 2.05) is 24.1 Å². The number of amides is 1. The van der Waals surface area contributed by atoms with E-state index in [0.29, 0.717) is 23.7 Å². The van der Waals surface area contributed by atoms with Gasteiger partial charge in [0, 0.05) is 19.6 Å². The predicted molar refractivity (Wildman–Crippen MR) is 89.1 cm³/mol. The average Bonchev–Trinajstić information content (AvgIpc) is 2.56. The summed E-state index contributed by atoms with van der Waals surface area (Å²) < 4.78 is 13.1. The molecule has 23 heavy (non-hydrogen) atoms. The highest BCUT2D eigenvalue weighted by atomic mass is 35.5. The van der Waals surface area contributed by atoms with Gasteiger partial charge in [0.05, 0.1) is 16.6 Å². The van der Waals surface area contributed by atoms with Crippen LogP contribution in [0.15, 0.2) is 48.5 Å². The molecule has 0 saturated carbocycles. The number of benzene rings is 2. The molecule has 3 rings (SSSR count). The smallest absolute Gasteiger partial charge is 0.255 e. The van der Waals surface area contributed by atoms with Crippen molar-refractivity contribution in [3.8, 4) is 0 Å². The highest BCUT2D eigenvalue weighted by Crippen LogP contribution is 2.26. The molecule has 2 aromatic rings. The summed E-state index contributed by atoms with van der Waals surface area (Å²) in [5.41, 5.74) is 1.53. The van der Waals surface area contributed by atoms with Crippen molar-refractivity contribution >= 4 is 17.5 Å². The van der Waals surface area contributed by atoms with Crippen LogP contribution in [0.2, 0.25) is 5.02 Å². The Morgan fingerprint density at radius 2 is 1.83 bits per heavy atom. The third-order valence-electron chi connectivity index (χ3n) is 4.29. The highest BCUT2D eigenvalue weighted by Gasteiger charge is 2.29. The molecule has 1 heterocycles. The van der Waals surface area contributed by atoms with E-state index in [1.165, 1.54) is 12.1 Å². The summed E-state index contributed by atoms with van der Waals surface area (Å²) in [6, 6.07) is 13.6. The van der Waals surface area contributed by atoms with Crippen molar-refractivity contribution in [2.75, 3.05) is 26.7 Å². The van der Waals surface area contributed by atoms with Gasteiger partial charge in [-0.15, -0.1) is 0 Å². The quantitative estimate of drug-likeness (QED) is 0.838. The Kier molecular flexibility index (Phi) is 4.64. The third kappa shape index (κ3) is 3.38. The Labute approximate surface area is 140 Å². The molecular formula is C18H18ClFN2O. The molecule has 1 saturated heterocycles. The molecule has 3 nitrogen and oxygen atoms in total. The molecule has 2 aromatic carbocycles. The maximum atomic E-state index is 13.1. The van der Waals surface area contributed by atoms with Gasteiger partial charge >= 0.3 is 0 Å². The van der Waals surface area contributed by atoms with Gasteiger partial charge in [-0.2, -0.15) is 0 Å². The first kappa shape index (κ1) is 16.0. The summed E-state index contributed by atoms with van der Waals surface area (Å²) in [6.07, 6.45) is 0. The van der Waals surface area contributed by atoms with E-state index in [0.717, 1.165) is 12.1 Å². The van der Waals surface area contributed by atoms with E-state index >= 15 is 0 Å². The van der Waals surface area contributed by atoms with Gasteiger partial charge in [-0.05, 0) is 36.9 Å². The molecule has 5 heteroatoms. The van der Waals surface area contributed by atoms with E-state index in [4.69, 9.17) is 11.6 Å². The van der Waals surface area contributed by atoms with Gasteiger partial charge in [0.1, 0.15) is 5.82 Å². The fourth-order valence-corrected chi connectivity index (χ4v) is 3.12. The van der Waals surface area contributed by atoms with Crippen LogP contribution >= 0.6 is 11.6 Å². The molecule has 0 radical (unpaired) electrons. The Morgan fingerprint density at radius 3 is 2.52 bits per heavy atom. The highest BCUT2D eigenvalue weighted by molar-refractivity contribution is 6.33. The number of nitrogens with zero attached hydrogens (tertiary/aromatic N) is 2. The summed E-state index contributed by atoms with van der Waals surface area (Å²) >= 11 is 6.14. The average molecular weight is 333 g/mol. The molecule has 1 atom stereocenters. The van der Waals surface area contributed by atoms with Crippen LogP contribution < -0.4 is 0 Å².